The second kappa shape index (κ2) is 13.6. The number of β-amino-alcohol motifs (C(OH)–C–C–N with tert-alkyl or cyclic N) is 1. The van der Waals surface area contributed by atoms with E-state index in [2.05, 4.69) is 26.9 Å². The van der Waals surface area contributed by atoms with Crippen molar-refractivity contribution in [3.05, 3.63) is 81.6 Å². The van der Waals surface area contributed by atoms with Gasteiger partial charge in [0.15, 0.2) is 0 Å². The van der Waals surface area contributed by atoms with E-state index in [9.17, 15) is 9.90 Å². The third-order valence-electron chi connectivity index (χ3n) is 9.65. The molecule has 0 amide bonds. The van der Waals surface area contributed by atoms with E-state index in [0.29, 0.717) is 65.2 Å². The van der Waals surface area contributed by atoms with Crippen molar-refractivity contribution in [3.8, 4) is 45.1 Å². The zero-order valence-electron chi connectivity index (χ0n) is 27.2. The average Bonchev–Trinajstić information content (AvgIpc) is 3.47. The normalized spacial score (nSPS) is 18.2. The number of fused-ring (bicyclic) bond motifs is 1. The van der Waals surface area contributed by atoms with Crippen LogP contribution in [0.15, 0.2) is 54.7 Å². The molecule has 0 bridgehead atoms. The zero-order chi connectivity index (χ0) is 33.5. The summed E-state index contributed by atoms with van der Waals surface area (Å²) in [6.07, 6.45) is 3.17. The van der Waals surface area contributed by atoms with E-state index in [1.54, 1.807) is 20.4 Å². The van der Waals surface area contributed by atoms with Crippen molar-refractivity contribution in [2.75, 3.05) is 47.0 Å². The Morgan fingerprint density at radius 2 is 1.62 bits per heavy atom. The number of aliphatic hydroxyl groups is 1. The predicted octanol–water partition coefficient (Wildman–Crippen LogP) is 5.94. The van der Waals surface area contributed by atoms with Crippen LogP contribution in [0.1, 0.15) is 23.7 Å². The van der Waals surface area contributed by atoms with Crippen molar-refractivity contribution in [2.24, 2.45) is 5.92 Å². The molecule has 48 heavy (non-hydrogen) atoms. The number of hydrogen-bond acceptors (Lipinski definition) is 9. The highest BCUT2D eigenvalue weighted by molar-refractivity contribution is 6.39. The van der Waals surface area contributed by atoms with Gasteiger partial charge < -0.3 is 19.3 Å². The van der Waals surface area contributed by atoms with Crippen molar-refractivity contribution in [1.29, 1.82) is 0 Å². The molecule has 2 saturated heterocycles. The molecule has 0 spiro atoms. The van der Waals surface area contributed by atoms with Gasteiger partial charge in [-0.25, -0.2) is 4.98 Å². The fourth-order valence-electron chi connectivity index (χ4n) is 7.08. The van der Waals surface area contributed by atoms with Gasteiger partial charge in [0, 0.05) is 61.0 Å². The van der Waals surface area contributed by atoms with Crippen molar-refractivity contribution < 1.29 is 24.1 Å². The molecule has 250 valence electrons. The van der Waals surface area contributed by atoms with Gasteiger partial charge in [-0.3, -0.25) is 19.6 Å². The van der Waals surface area contributed by atoms with Crippen LogP contribution in [0.5, 0.6) is 11.6 Å². The fourth-order valence-corrected chi connectivity index (χ4v) is 7.74. The molecule has 1 aliphatic carbocycles. The number of rotatable bonds is 10. The van der Waals surface area contributed by atoms with Crippen LogP contribution >= 0.6 is 23.2 Å². The molecule has 3 heterocycles. The molecule has 7 rings (SSSR count). The smallest absolute Gasteiger partial charge is 0.311 e. The monoisotopic (exact) mass is 688 g/mol. The Labute approximate surface area is 290 Å². The van der Waals surface area contributed by atoms with Crippen LogP contribution in [0.3, 0.4) is 0 Å². The van der Waals surface area contributed by atoms with Gasteiger partial charge in [-0.05, 0) is 42.5 Å². The number of ether oxygens (including phenoxy) is 3. The largest absolute Gasteiger partial charge is 0.496 e. The molecule has 0 radical (unpaired) electrons. The third kappa shape index (κ3) is 6.14. The Kier molecular flexibility index (Phi) is 9.32. The molecule has 3 aromatic carbocycles. The molecule has 2 aliphatic heterocycles. The second-order valence-corrected chi connectivity index (χ2v) is 13.4. The number of hydrogen-bond donors (Lipinski definition) is 1. The number of esters is 1. The summed E-state index contributed by atoms with van der Waals surface area (Å²) < 4.78 is 16.7. The quantitative estimate of drug-likeness (QED) is 0.203. The predicted molar refractivity (Wildman–Crippen MR) is 186 cm³/mol. The lowest BCUT2D eigenvalue weighted by Crippen LogP contribution is -2.55. The number of carbonyl (C=O) groups excluding carboxylic acids is 1. The summed E-state index contributed by atoms with van der Waals surface area (Å²) in [5.41, 5.74) is 7.89. The van der Waals surface area contributed by atoms with E-state index < -0.39 is 0 Å². The number of aromatic nitrogens is 2. The topological polar surface area (TPSA) is 97.3 Å². The molecule has 1 unspecified atom stereocenters. The number of methoxy groups -OCH3 is 2. The Balaban J connectivity index is 1.15. The van der Waals surface area contributed by atoms with Gasteiger partial charge in [0.05, 0.1) is 54.8 Å². The maximum atomic E-state index is 12.2. The number of nitrogens with zero attached hydrogens (tertiary/aromatic N) is 4. The molecule has 11 heteroatoms. The summed E-state index contributed by atoms with van der Waals surface area (Å²) in [5.74, 6) is 1.12. The van der Waals surface area contributed by atoms with Crippen LogP contribution in [0.4, 0.5) is 0 Å². The van der Waals surface area contributed by atoms with E-state index >= 15 is 0 Å². The second-order valence-electron chi connectivity index (χ2n) is 12.7. The summed E-state index contributed by atoms with van der Waals surface area (Å²) >= 11 is 14.3. The first-order valence-electron chi connectivity index (χ1n) is 16.3. The number of benzene rings is 3. The van der Waals surface area contributed by atoms with Crippen LogP contribution in [0.25, 0.3) is 33.5 Å². The summed E-state index contributed by atoms with van der Waals surface area (Å²) in [6, 6.07) is 16.4. The lowest BCUT2D eigenvalue weighted by Gasteiger charge is -2.41. The zero-order valence-corrected chi connectivity index (χ0v) is 28.7. The highest BCUT2D eigenvalue weighted by Gasteiger charge is 2.40. The molecule has 2 fully saturated rings. The average molecular weight is 690 g/mol. The number of carbonyl (C=O) groups is 1. The standard InChI is InChI=1S/C37H38Cl2N4O5/c1-4-48-37(45)23-16-43(17-23)24-12-21-11-22(13-33(46-2)30(21)14-24)26-7-5-8-27(34(26)38)28-9-6-10-29(35(28)39)31-15-40-32(36(41-31)47-3)20-42-18-25(44)19-42/h5-11,13,15,23-25,44H,4,12,14,16-20H2,1-3H3. The first kappa shape index (κ1) is 32.8. The van der Waals surface area contributed by atoms with Gasteiger partial charge in [-0.15, -0.1) is 0 Å². The Morgan fingerprint density at radius 3 is 2.29 bits per heavy atom. The third-order valence-corrected chi connectivity index (χ3v) is 10.5. The highest BCUT2D eigenvalue weighted by Crippen LogP contribution is 2.45. The molecular weight excluding hydrogens is 651 g/mol. The molecule has 4 aromatic rings. The minimum Gasteiger partial charge on any atom is -0.496 e. The lowest BCUT2D eigenvalue weighted by molar-refractivity contribution is -0.155. The van der Waals surface area contributed by atoms with Gasteiger partial charge >= 0.3 is 5.97 Å². The first-order chi connectivity index (χ1) is 23.3. The fraction of sp³-hybridized carbons (Fsp3) is 0.378. The van der Waals surface area contributed by atoms with Gasteiger partial charge in [-0.1, -0.05) is 65.7 Å². The SMILES string of the molecule is CCOC(=O)C1CN(C2Cc3cc(-c4cccc(-c5cccc(-c6cnc(CN7CC(O)C7)c(OC)n6)c5Cl)c4Cl)cc(OC)c3C2)C1. The summed E-state index contributed by atoms with van der Waals surface area (Å²) in [4.78, 5) is 26.0. The number of aliphatic hydroxyl groups excluding tert-OH is 1. The maximum Gasteiger partial charge on any atom is 0.311 e. The van der Waals surface area contributed by atoms with E-state index in [0.717, 1.165) is 53.9 Å². The lowest BCUT2D eigenvalue weighted by atomic mass is 9.95. The molecule has 1 atom stereocenters. The van der Waals surface area contributed by atoms with Crippen LogP contribution in [0, 0.1) is 5.92 Å². The van der Waals surface area contributed by atoms with Gasteiger partial charge in [0.2, 0.25) is 5.88 Å². The molecule has 9 nitrogen and oxygen atoms in total. The summed E-state index contributed by atoms with van der Waals surface area (Å²) in [5, 5.41) is 10.7. The molecule has 0 saturated carbocycles. The van der Waals surface area contributed by atoms with Crippen LogP contribution in [-0.4, -0.2) is 90.0 Å². The number of likely N-dealkylation sites (tertiary alicyclic amines) is 2. The van der Waals surface area contributed by atoms with Gasteiger partial charge in [0.25, 0.3) is 0 Å². The Morgan fingerprint density at radius 1 is 0.938 bits per heavy atom. The van der Waals surface area contributed by atoms with E-state index in [-0.39, 0.29) is 18.0 Å². The summed E-state index contributed by atoms with van der Waals surface area (Å²) in [7, 11) is 3.28. The Hall–Kier alpha value is -3.73. The van der Waals surface area contributed by atoms with Crippen molar-refractivity contribution in [2.45, 2.75) is 38.5 Å². The Bertz CT molecular complexity index is 1860. The molecule has 3 aliphatic rings. The van der Waals surface area contributed by atoms with Crippen molar-refractivity contribution in [3.63, 3.8) is 0 Å². The molecular formula is C37H38Cl2N4O5. The van der Waals surface area contributed by atoms with Crippen LogP contribution in [0.2, 0.25) is 10.0 Å². The van der Waals surface area contributed by atoms with Crippen molar-refractivity contribution >= 4 is 29.2 Å². The molecule has 1 aromatic heterocycles. The van der Waals surface area contributed by atoms with Gasteiger partial charge in [-0.2, -0.15) is 0 Å². The minimum atomic E-state index is -0.295. The van der Waals surface area contributed by atoms with E-state index in [4.69, 9.17) is 42.4 Å². The number of halogens is 2. The highest BCUT2D eigenvalue weighted by atomic mass is 35.5. The van der Waals surface area contributed by atoms with Crippen molar-refractivity contribution in [1.82, 2.24) is 19.8 Å². The molecule has 1 N–H and O–H groups in total. The maximum absolute atomic E-state index is 12.2. The summed E-state index contributed by atoms with van der Waals surface area (Å²) in [6.45, 7) is 5.48. The van der Waals surface area contributed by atoms with E-state index in [1.165, 1.54) is 11.1 Å². The van der Waals surface area contributed by atoms with E-state index in [1.807, 2.05) is 43.3 Å². The minimum absolute atomic E-state index is 0.0441. The van der Waals surface area contributed by atoms with Crippen LogP contribution < -0.4 is 9.47 Å². The first-order valence-corrected chi connectivity index (χ1v) is 17.0. The van der Waals surface area contributed by atoms with Crippen LogP contribution in [-0.2, 0) is 28.9 Å². The van der Waals surface area contributed by atoms with Gasteiger partial charge in [0.1, 0.15) is 11.4 Å².